The Morgan fingerprint density at radius 2 is 1.80 bits per heavy atom. The highest BCUT2D eigenvalue weighted by Gasteiger charge is 2.06. The van der Waals surface area contributed by atoms with Crippen molar-refractivity contribution in [2.24, 2.45) is 4.99 Å². The summed E-state index contributed by atoms with van der Waals surface area (Å²) < 4.78 is 27.7. The molecule has 0 amide bonds. The SMILES string of the molecule is CCNC(=NCc1ccc(N(C)C)c(F)c1)NCc1ccccc1F. The lowest BCUT2D eigenvalue weighted by Gasteiger charge is -2.14. The summed E-state index contributed by atoms with van der Waals surface area (Å²) in [6.45, 7) is 3.28. The first kappa shape index (κ1) is 18.7. The van der Waals surface area contributed by atoms with E-state index in [1.807, 2.05) is 13.0 Å². The molecule has 2 rings (SSSR count). The summed E-state index contributed by atoms with van der Waals surface area (Å²) in [5.74, 6) is 0.0251. The molecular weight excluding hydrogens is 322 g/mol. The van der Waals surface area contributed by atoms with Crippen LogP contribution in [0.5, 0.6) is 0 Å². The molecule has 2 aromatic carbocycles. The number of hydrogen-bond acceptors (Lipinski definition) is 2. The molecule has 0 aliphatic carbocycles. The average molecular weight is 346 g/mol. The second-order valence-electron chi connectivity index (χ2n) is 5.82. The summed E-state index contributed by atoms with van der Waals surface area (Å²) in [6, 6.07) is 11.7. The molecule has 0 aliphatic rings. The van der Waals surface area contributed by atoms with Gasteiger partial charge >= 0.3 is 0 Å². The van der Waals surface area contributed by atoms with Gasteiger partial charge in [-0.25, -0.2) is 13.8 Å². The largest absolute Gasteiger partial charge is 0.375 e. The highest BCUT2D eigenvalue weighted by atomic mass is 19.1. The first-order chi connectivity index (χ1) is 12.0. The van der Waals surface area contributed by atoms with Gasteiger partial charge in [0.2, 0.25) is 0 Å². The number of guanidine groups is 1. The van der Waals surface area contributed by atoms with Crippen LogP contribution in [0.2, 0.25) is 0 Å². The lowest BCUT2D eigenvalue weighted by atomic mass is 10.2. The fourth-order valence-electron chi connectivity index (χ4n) is 2.34. The van der Waals surface area contributed by atoms with Crippen molar-refractivity contribution in [3.63, 3.8) is 0 Å². The Bertz CT molecular complexity index is 729. The number of rotatable bonds is 6. The number of benzene rings is 2. The van der Waals surface area contributed by atoms with Gasteiger partial charge in [0.15, 0.2) is 5.96 Å². The molecule has 0 aromatic heterocycles. The van der Waals surface area contributed by atoms with Crippen LogP contribution < -0.4 is 15.5 Å². The monoisotopic (exact) mass is 346 g/mol. The molecule has 134 valence electrons. The minimum Gasteiger partial charge on any atom is -0.375 e. The molecule has 0 fully saturated rings. The van der Waals surface area contributed by atoms with E-state index < -0.39 is 0 Å². The molecule has 0 heterocycles. The first-order valence-corrected chi connectivity index (χ1v) is 8.22. The van der Waals surface area contributed by atoms with Gasteiger partial charge in [-0.1, -0.05) is 24.3 Å². The molecule has 0 spiro atoms. The maximum Gasteiger partial charge on any atom is 0.191 e. The van der Waals surface area contributed by atoms with Crippen LogP contribution in [0.3, 0.4) is 0 Å². The molecule has 0 bridgehead atoms. The molecule has 25 heavy (non-hydrogen) atoms. The lowest BCUT2D eigenvalue weighted by Crippen LogP contribution is -2.37. The molecule has 6 heteroatoms. The standard InChI is InChI=1S/C19H24F2N4/c1-4-22-19(24-13-15-7-5-6-8-16(15)20)23-12-14-9-10-18(25(2)3)17(21)11-14/h5-11H,4,12-13H2,1-3H3,(H2,22,23,24). The molecule has 2 aromatic rings. The van der Waals surface area contributed by atoms with E-state index in [4.69, 9.17) is 0 Å². The molecule has 0 unspecified atom stereocenters. The third-order valence-electron chi connectivity index (χ3n) is 3.66. The predicted molar refractivity (Wildman–Crippen MR) is 98.8 cm³/mol. The lowest BCUT2D eigenvalue weighted by molar-refractivity contribution is 0.604. The van der Waals surface area contributed by atoms with Gasteiger partial charge in [0.1, 0.15) is 11.6 Å². The summed E-state index contributed by atoms with van der Waals surface area (Å²) in [5.41, 5.74) is 1.87. The van der Waals surface area contributed by atoms with Crippen LogP contribution in [0.4, 0.5) is 14.5 Å². The van der Waals surface area contributed by atoms with Gasteiger partial charge in [0.05, 0.1) is 12.2 Å². The Morgan fingerprint density at radius 3 is 2.44 bits per heavy atom. The van der Waals surface area contributed by atoms with Gasteiger partial charge in [-0.3, -0.25) is 0 Å². The second kappa shape index (κ2) is 9.01. The van der Waals surface area contributed by atoms with E-state index in [0.717, 1.165) is 5.56 Å². The molecule has 0 aliphatic heterocycles. The highest BCUT2D eigenvalue weighted by molar-refractivity contribution is 5.79. The molecule has 2 N–H and O–H groups in total. The summed E-state index contributed by atoms with van der Waals surface area (Å²) in [4.78, 5) is 6.16. The fraction of sp³-hybridized carbons (Fsp3) is 0.316. The number of aliphatic imine (C=N–C) groups is 1. The van der Waals surface area contributed by atoms with Crippen molar-refractivity contribution < 1.29 is 8.78 Å². The Kier molecular flexibility index (Phi) is 6.74. The number of nitrogens with one attached hydrogen (secondary N) is 2. The van der Waals surface area contributed by atoms with Crippen LogP contribution in [0.1, 0.15) is 18.1 Å². The minimum atomic E-state index is -0.276. The van der Waals surface area contributed by atoms with Gasteiger partial charge in [0.25, 0.3) is 0 Å². The highest BCUT2D eigenvalue weighted by Crippen LogP contribution is 2.18. The first-order valence-electron chi connectivity index (χ1n) is 8.22. The zero-order valence-corrected chi connectivity index (χ0v) is 14.8. The summed E-state index contributed by atoms with van der Waals surface area (Å²) in [5, 5.41) is 6.19. The van der Waals surface area contributed by atoms with Crippen molar-refractivity contribution in [1.29, 1.82) is 0 Å². The zero-order chi connectivity index (χ0) is 18.2. The van der Waals surface area contributed by atoms with E-state index in [9.17, 15) is 8.78 Å². The quantitative estimate of drug-likeness (QED) is 0.623. The van der Waals surface area contributed by atoms with Crippen LogP contribution in [-0.4, -0.2) is 26.6 Å². The van der Waals surface area contributed by atoms with E-state index in [-0.39, 0.29) is 11.6 Å². The van der Waals surface area contributed by atoms with Gasteiger partial charge in [-0.05, 0) is 30.7 Å². The topological polar surface area (TPSA) is 39.7 Å². The van der Waals surface area contributed by atoms with Gasteiger partial charge in [-0.15, -0.1) is 0 Å². The predicted octanol–water partition coefficient (Wildman–Crippen LogP) is 3.29. The van der Waals surface area contributed by atoms with Crippen LogP contribution in [0.15, 0.2) is 47.5 Å². The summed E-state index contributed by atoms with van der Waals surface area (Å²) in [6.07, 6.45) is 0. The maximum absolute atomic E-state index is 14.0. The Morgan fingerprint density at radius 1 is 1.04 bits per heavy atom. The van der Waals surface area contributed by atoms with Crippen molar-refractivity contribution in [2.75, 3.05) is 25.5 Å². The summed E-state index contributed by atoms with van der Waals surface area (Å²) in [7, 11) is 3.60. The van der Waals surface area contributed by atoms with Crippen molar-refractivity contribution in [3.8, 4) is 0 Å². The molecule has 4 nitrogen and oxygen atoms in total. The molecule has 0 saturated carbocycles. The molecule has 0 radical (unpaired) electrons. The van der Waals surface area contributed by atoms with Crippen molar-refractivity contribution in [2.45, 2.75) is 20.0 Å². The third-order valence-corrected chi connectivity index (χ3v) is 3.66. The number of halogens is 2. The zero-order valence-electron chi connectivity index (χ0n) is 14.8. The van der Waals surface area contributed by atoms with Crippen LogP contribution in [0, 0.1) is 11.6 Å². The van der Waals surface area contributed by atoms with E-state index in [0.29, 0.717) is 36.8 Å². The van der Waals surface area contributed by atoms with Crippen molar-refractivity contribution >= 4 is 11.6 Å². The Hall–Kier alpha value is -2.63. The number of anilines is 1. The number of hydrogen-bond donors (Lipinski definition) is 2. The molecule has 0 saturated heterocycles. The van der Waals surface area contributed by atoms with E-state index >= 15 is 0 Å². The second-order valence-corrected chi connectivity index (χ2v) is 5.82. The maximum atomic E-state index is 14.0. The molecule has 0 atom stereocenters. The molecular formula is C19H24F2N4. The van der Waals surface area contributed by atoms with E-state index in [1.54, 1.807) is 43.3 Å². The van der Waals surface area contributed by atoms with Crippen LogP contribution in [-0.2, 0) is 13.1 Å². The fourth-order valence-corrected chi connectivity index (χ4v) is 2.34. The average Bonchev–Trinajstić information content (AvgIpc) is 2.58. The van der Waals surface area contributed by atoms with Crippen molar-refractivity contribution in [1.82, 2.24) is 10.6 Å². The number of nitrogens with zero attached hydrogens (tertiary/aromatic N) is 2. The third kappa shape index (κ3) is 5.45. The van der Waals surface area contributed by atoms with E-state index in [1.165, 1.54) is 12.1 Å². The smallest absolute Gasteiger partial charge is 0.191 e. The van der Waals surface area contributed by atoms with Gasteiger partial charge in [0, 0.05) is 32.7 Å². The summed E-state index contributed by atoms with van der Waals surface area (Å²) >= 11 is 0. The Balaban J connectivity index is 2.04. The normalized spacial score (nSPS) is 11.3. The van der Waals surface area contributed by atoms with Gasteiger partial charge < -0.3 is 15.5 Å². The van der Waals surface area contributed by atoms with Crippen LogP contribution >= 0.6 is 0 Å². The Labute approximate surface area is 147 Å². The van der Waals surface area contributed by atoms with Crippen LogP contribution in [0.25, 0.3) is 0 Å². The van der Waals surface area contributed by atoms with E-state index in [2.05, 4.69) is 15.6 Å². The minimum absolute atomic E-state index is 0.257. The van der Waals surface area contributed by atoms with Crippen molar-refractivity contribution in [3.05, 3.63) is 65.2 Å². The van der Waals surface area contributed by atoms with Gasteiger partial charge in [-0.2, -0.15) is 0 Å².